The topological polar surface area (TPSA) is 24.5 Å². The van der Waals surface area contributed by atoms with Gasteiger partial charge >= 0.3 is 6.18 Å². The Hall–Kier alpha value is -0.330. The fourth-order valence-electron chi connectivity index (χ4n) is 2.51. The van der Waals surface area contributed by atoms with E-state index in [0.717, 1.165) is 32.4 Å². The van der Waals surface area contributed by atoms with Crippen molar-refractivity contribution in [1.82, 2.24) is 10.2 Å². The lowest BCUT2D eigenvalue weighted by Crippen LogP contribution is -2.37. The first-order valence-electron chi connectivity index (χ1n) is 6.18. The highest BCUT2D eigenvalue weighted by Crippen LogP contribution is 2.22. The van der Waals surface area contributed by atoms with Gasteiger partial charge in [-0.25, -0.2) is 0 Å². The molecule has 2 saturated heterocycles. The molecule has 2 heterocycles. The van der Waals surface area contributed by atoms with Crippen LogP contribution in [0.1, 0.15) is 19.3 Å². The monoisotopic (exact) mass is 252 g/mol. The standard InChI is InChI=1S/C11H19F3N2O/c12-11(13,14)8-16-6-3-10(7-16)17-9-1-4-15-5-2-9/h9-10,15H,1-8H2. The van der Waals surface area contributed by atoms with Gasteiger partial charge in [0.25, 0.3) is 0 Å². The van der Waals surface area contributed by atoms with Gasteiger partial charge in [-0.2, -0.15) is 13.2 Å². The van der Waals surface area contributed by atoms with E-state index in [1.54, 1.807) is 0 Å². The average Bonchev–Trinajstić information content (AvgIpc) is 2.64. The molecule has 100 valence electrons. The summed E-state index contributed by atoms with van der Waals surface area (Å²) in [5, 5.41) is 3.24. The molecule has 0 aromatic carbocycles. The number of ether oxygens (including phenoxy) is 1. The highest BCUT2D eigenvalue weighted by Gasteiger charge is 2.35. The van der Waals surface area contributed by atoms with E-state index < -0.39 is 12.7 Å². The number of hydrogen-bond acceptors (Lipinski definition) is 3. The zero-order valence-corrected chi connectivity index (χ0v) is 9.80. The van der Waals surface area contributed by atoms with Crippen LogP contribution >= 0.6 is 0 Å². The van der Waals surface area contributed by atoms with E-state index in [-0.39, 0.29) is 12.2 Å². The van der Waals surface area contributed by atoms with Crippen molar-refractivity contribution in [2.75, 3.05) is 32.7 Å². The summed E-state index contributed by atoms with van der Waals surface area (Å²) < 4.78 is 42.5. The normalized spacial score (nSPS) is 28.8. The lowest BCUT2D eigenvalue weighted by atomic mass is 10.1. The number of hydrogen-bond donors (Lipinski definition) is 1. The first kappa shape index (κ1) is 13.1. The highest BCUT2D eigenvalue weighted by atomic mass is 19.4. The minimum atomic E-state index is -4.09. The van der Waals surface area contributed by atoms with Gasteiger partial charge in [-0.05, 0) is 32.4 Å². The molecule has 2 fully saturated rings. The van der Waals surface area contributed by atoms with E-state index in [4.69, 9.17) is 4.74 Å². The summed E-state index contributed by atoms with van der Waals surface area (Å²) in [6, 6.07) is 0. The molecule has 1 N–H and O–H groups in total. The van der Waals surface area contributed by atoms with Gasteiger partial charge in [0.05, 0.1) is 18.8 Å². The van der Waals surface area contributed by atoms with E-state index in [1.165, 1.54) is 4.90 Å². The van der Waals surface area contributed by atoms with Crippen molar-refractivity contribution in [3.8, 4) is 0 Å². The molecule has 1 atom stereocenters. The predicted octanol–water partition coefficient (Wildman–Crippen LogP) is 1.39. The van der Waals surface area contributed by atoms with Crippen LogP contribution in [-0.2, 0) is 4.74 Å². The maximum absolute atomic E-state index is 12.2. The van der Waals surface area contributed by atoms with Gasteiger partial charge in [-0.3, -0.25) is 4.90 Å². The third-order valence-corrected chi connectivity index (χ3v) is 3.30. The largest absolute Gasteiger partial charge is 0.401 e. The van der Waals surface area contributed by atoms with Crippen LogP contribution in [0.3, 0.4) is 0 Å². The van der Waals surface area contributed by atoms with Crippen LogP contribution in [0.25, 0.3) is 0 Å². The van der Waals surface area contributed by atoms with Gasteiger partial charge in [0.1, 0.15) is 0 Å². The van der Waals surface area contributed by atoms with Crippen LogP contribution < -0.4 is 5.32 Å². The molecular weight excluding hydrogens is 233 g/mol. The van der Waals surface area contributed by atoms with E-state index in [1.807, 2.05) is 0 Å². The Morgan fingerprint density at radius 1 is 1.12 bits per heavy atom. The molecule has 17 heavy (non-hydrogen) atoms. The Balaban J connectivity index is 1.70. The molecule has 0 aromatic rings. The minimum absolute atomic E-state index is 0.0135. The zero-order chi connectivity index (χ0) is 12.3. The molecule has 0 bridgehead atoms. The second-order valence-corrected chi connectivity index (χ2v) is 4.85. The fraction of sp³-hybridized carbons (Fsp3) is 1.00. The van der Waals surface area contributed by atoms with Gasteiger partial charge in [0, 0.05) is 13.1 Å². The first-order chi connectivity index (χ1) is 8.03. The van der Waals surface area contributed by atoms with Crippen molar-refractivity contribution in [3.63, 3.8) is 0 Å². The van der Waals surface area contributed by atoms with Crippen LogP contribution in [0.15, 0.2) is 0 Å². The first-order valence-corrected chi connectivity index (χ1v) is 6.18. The third kappa shape index (κ3) is 4.44. The van der Waals surface area contributed by atoms with Gasteiger partial charge < -0.3 is 10.1 Å². The Bertz CT molecular complexity index is 241. The van der Waals surface area contributed by atoms with Crippen molar-refractivity contribution >= 4 is 0 Å². The number of likely N-dealkylation sites (tertiary alicyclic amines) is 1. The maximum Gasteiger partial charge on any atom is 0.401 e. The smallest absolute Gasteiger partial charge is 0.374 e. The Morgan fingerprint density at radius 3 is 2.47 bits per heavy atom. The zero-order valence-electron chi connectivity index (χ0n) is 9.80. The molecule has 0 aromatic heterocycles. The molecule has 3 nitrogen and oxygen atoms in total. The van der Waals surface area contributed by atoms with E-state index >= 15 is 0 Å². The van der Waals surface area contributed by atoms with Crippen LogP contribution in [0, 0.1) is 0 Å². The number of alkyl halides is 3. The molecule has 1 unspecified atom stereocenters. The van der Waals surface area contributed by atoms with Crippen LogP contribution in [0.4, 0.5) is 13.2 Å². The van der Waals surface area contributed by atoms with E-state index in [2.05, 4.69) is 5.32 Å². The highest BCUT2D eigenvalue weighted by molar-refractivity contribution is 4.80. The van der Waals surface area contributed by atoms with Crippen molar-refractivity contribution in [3.05, 3.63) is 0 Å². The third-order valence-electron chi connectivity index (χ3n) is 3.30. The molecule has 2 aliphatic rings. The molecule has 0 spiro atoms. The Morgan fingerprint density at radius 2 is 1.82 bits per heavy atom. The second-order valence-electron chi connectivity index (χ2n) is 4.85. The van der Waals surface area contributed by atoms with Gasteiger partial charge in [0.2, 0.25) is 0 Å². The Kier molecular flexibility index (Phi) is 4.27. The Labute approximate surface area is 99.3 Å². The lowest BCUT2D eigenvalue weighted by molar-refractivity contribution is -0.144. The number of piperidine rings is 1. The minimum Gasteiger partial charge on any atom is -0.374 e. The predicted molar refractivity (Wildman–Crippen MR) is 57.9 cm³/mol. The summed E-state index contributed by atoms with van der Waals surface area (Å²) in [5.41, 5.74) is 0. The molecule has 0 saturated carbocycles. The lowest BCUT2D eigenvalue weighted by Gasteiger charge is -2.26. The van der Waals surface area contributed by atoms with Crippen molar-refractivity contribution in [2.45, 2.75) is 37.6 Å². The summed E-state index contributed by atoms with van der Waals surface area (Å²) in [5.74, 6) is 0. The van der Waals surface area contributed by atoms with Crippen molar-refractivity contribution in [1.29, 1.82) is 0 Å². The van der Waals surface area contributed by atoms with Crippen LogP contribution in [-0.4, -0.2) is 56.0 Å². The molecule has 2 rings (SSSR count). The fourth-order valence-corrected chi connectivity index (χ4v) is 2.51. The van der Waals surface area contributed by atoms with Crippen molar-refractivity contribution in [2.24, 2.45) is 0 Å². The molecular formula is C11H19F3N2O. The molecule has 0 aliphatic carbocycles. The summed E-state index contributed by atoms with van der Waals surface area (Å²) >= 11 is 0. The van der Waals surface area contributed by atoms with Gasteiger partial charge in [0.15, 0.2) is 0 Å². The number of nitrogens with zero attached hydrogens (tertiary/aromatic N) is 1. The summed E-state index contributed by atoms with van der Waals surface area (Å²) in [6.07, 6.45) is -1.22. The van der Waals surface area contributed by atoms with Crippen LogP contribution in [0.2, 0.25) is 0 Å². The molecule has 0 amide bonds. The quantitative estimate of drug-likeness (QED) is 0.821. The van der Waals surface area contributed by atoms with Crippen LogP contribution in [0.5, 0.6) is 0 Å². The maximum atomic E-state index is 12.2. The second kappa shape index (κ2) is 5.54. The van der Waals surface area contributed by atoms with Crippen molar-refractivity contribution < 1.29 is 17.9 Å². The van der Waals surface area contributed by atoms with Gasteiger partial charge in [-0.1, -0.05) is 0 Å². The number of rotatable bonds is 3. The van der Waals surface area contributed by atoms with E-state index in [9.17, 15) is 13.2 Å². The number of halogens is 3. The molecule has 2 aliphatic heterocycles. The average molecular weight is 252 g/mol. The SMILES string of the molecule is FC(F)(F)CN1CCC(OC2CCNCC2)C1. The summed E-state index contributed by atoms with van der Waals surface area (Å²) in [4.78, 5) is 1.44. The van der Waals surface area contributed by atoms with E-state index in [0.29, 0.717) is 13.1 Å². The summed E-state index contributed by atoms with van der Waals surface area (Å²) in [6.45, 7) is 2.00. The summed E-state index contributed by atoms with van der Waals surface area (Å²) in [7, 11) is 0. The van der Waals surface area contributed by atoms with Gasteiger partial charge in [-0.15, -0.1) is 0 Å². The number of nitrogens with one attached hydrogen (secondary N) is 1. The molecule has 0 radical (unpaired) electrons. The molecule has 6 heteroatoms.